The number of carbonyl (C=O) groups excluding carboxylic acids is 2. The molecular weight excluding hydrogens is 551 g/mol. The fraction of sp³-hybridized carbons (Fsp3) is 0.543. The Labute approximate surface area is 250 Å². The van der Waals surface area contributed by atoms with Crippen molar-refractivity contribution in [3.8, 4) is 11.1 Å². The number of carbonyl (C=O) groups is 2. The van der Waals surface area contributed by atoms with Crippen LogP contribution in [-0.2, 0) is 28.5 Å². The number of hydrogen-bond donors (Lipinski definition) is 1. The molecule has 1 spiro atoms. The van der Waals surface area contributed by atoms with Gasteiger partial charge in [-0.05, 0) is 60.8 Å². The van der Waals surface area contributed by atoms with Crippen molar-refractivity contribution in [1.82, 2.24) is 0 Å². The first-order valence-corrected chi connectivity index (χ1v) is 15.5. The molecule has 2 aromatic rings. The molecule has 0 aromatic heterocycles. The number of halogens is 1. The molecule has 9 atom stereocenters. The van der Waals surface area contributed by atoms with Crippen LogP contribution in [0.5, 0.6) is 0 Å². The summed E-state index contributed by atoms with van der Waals surface area (Å²) in [6.07, 6.45) is 0.658. The van der Waals surface area contributed by atoms with Crippen LogP contribution in [0.4, 0.5) is 4.39 Å². The van der Waals surface area contributed by atoms with E-state index in [1.54, 1.807) is 19.1 Å². The second-order valence-electron chi connectivity index (χ2n) is 14.0. The number of aliphatic hydroxyl groups is 1. The summed E-state index contributed by atoms with van der Waals surface area (Å²) < 4.78 is 40.1. The zero-order valence-corrected chi connectivity index (χ0v) is 24.9. The van der Waals surface area contributed by atoms with Gasteiger partial charge in [0.25, 0.3) is 0 Å². The van der Waals surface area contributed by atoms with Gasteiger partial charge in [0.05, 0.1) is 18.1 Å². The van der Waals surface area contributed by atoms with Crippen LogP contribution >= 0.6 is 0 Å². The zero-order chi connectivity index (χ0) is 30.1. The topological polar surface area (TPSA) is 97.9 Å². The largest absolute Gasteiger partial charge is 0.458 e. The molecule has 0 radical (unpaired) electrons. The van der Waals surface area contributed by atoms with Gasteiger partial charge in [-0.25, -0.2) is 9.18 Å². The smallest absolute Gasteiger partial charge is 0.334 e. The first kappa shape index (κ1) is 27.5. The Morgan fingerprint density at radius 1 is 1.09 bits per heavy atom. The predicted molar refractivity (Wildman–Crippen MR) is 153 cm³/mol. The Bertz CT molecular complexity index is 1590. The molecule has 2 aromatic carbocycles. The Morgan fingerprint density at radius 2 is 1.86 bits per heavy atom. The van der Waals surface area contributed by atoms with Gasteiger partial charge in [-0.15, -0.1) is 0 Å². The second kappa shape index (κ2) is 8.77. The van der Waals surface area contributed by atoms with Gasteiger partial charge in [0.1, 0.15) is 23.6 Å². The number of hydrogen-bond acceptors (Lipinski definition) is 7. The minimum absolute atomic E-state index is 0.00373. The first-order valence-electron chi connectivity index (χ1n) is 15.5. The molecule has 3 aliphatic carbocycles. The Balaban J connectivity index is 1.13. The molecule has 3 heterocycles. The van der Waals surface area contributed by atoms with Crippen molar-refractivity contribution < 1.29 is 38.0 Å². The molecule has 9 unspecified atom stereocenters. The van der Waals surface area contributed by atoms with Crippen molar-refractivity contribution in [3.05, 3.63) is 71.1 Å². The zero-order valence-electron chi connectivity index (χ0n) is 24.9. The number of esters is 2. The highest BCUT2D eigenvalue weighted by Gasteiger charge is 2.91. The maximum Gasteiger partial charge on any atom is 0.334 e. The SMILES string of the molecule is CC(C(=O)OC1C2(C(C)C)OC2CC2(O)C3(C)CCC4=C(COC4=O)C3CC3OC312)c1ccc(-c2ccccc2)c(F)c1. The third-order valence-corrected chi connectivity index (χ3v) is 12.0. The van der Waals surface area contributed by atoms with E-state index >= 15 is 4.39 Å². The Hall–Kier alpha value is -3.07. The molecular formula is C35H37FO7. The fourth-order valence-electron chi connectivity index (χ4n) is 9.40. The predicted octanol–water partition coefficient (Wildman–Crippen LogP) is 5.25. The molecule has 3 aliphatic heterocycles. The van der Waals surface area contributed by atoms with Gasteiger partial charge in [0, 0.05) is 23.0 Å². The minimum atomic E-state index is -1.34. The summed E-state index contributed by atoms with van der Waals surface area (Å²) in [6.45, 7) is 8.16. The van der Waals surface area contributed by atoms with Crippen LogP contribution in [-0.4, -0.2) is 58.8 Å². The number of cyclic esters (lactones) is 1. The average Bonchev–Trinajstić information content (AvgIpc) is 3.87. The maximum atomic E-state index is 15.3. The Morgan fingerprint density at radius 3 is 2.58 bits per heavy atom. The van der Waals surface area contributed by atoms with Gasteiger partial charge in [-0.2, -0.15) is 0 Å². The molecule has 2 saturated heterocycles. The van der Waals surface area contributed by atoms with E-state index in [4.69, 9.17) is 18.9 Å². The number of rotatable bonds is 5. The minimum Gasteiger partial charge on any atom is -0.458 e. The van der Waals surface area contributed by atoms with Crippen molar-refractivity contribution in [2.24, 2.45) is 17.3 Å². The highest BCUT2D eigenvalue weighted by Crippen LogP contribution is 2.76. The molecule has 1 N–H and O–H groups in total. The van der Waals surface area contributed by atoms with Crippen LogP contribution in [0.1, 0.15) is 64.9 Å². The molecule has 8 rings (SSSR count). The van der Waals surface area contributed by atoms with Gasteiger partial charge in [-0.3, -0.25) is 4.79 Å². The summed E-state index contributed by atoms with van der Waals surface area (Å²) in [7, 11) is 0. The van der Waals surface area contributed by atoms with Crippen LogP contribution in [0.2, 0.25) is 0 Å². The first-order chi connectivity index (χ1) is 20.5. The fourth-order valence-corrected chi connectivity index (χ4v) is 9.40. The summed E-state index contributed by atoms with van der Waals surface area (Å²) in [4.78, 5) is 26.3. The van der Waals surface area contributed by atoms with Crippen molar-refractivity contribution >= 4 is 11.9 Å². The molecule has 0 amide bonds. The van der Waals surface area contributed by atoms with Gasteiger partial charge >= 0.3 is 11.9 Å². The Kier molecular flexibility index (Phi) is 5.60. The molecule has 6 aliphatic rings. The van der Waals surface area contributed by atoms with Crippen LogP contribution in [0, 0.1) is 23.1 Å². The molecule has 7 nitrogen and oxygen atoms in total. The second-order valence-corrected chi connectivity index (χ2v) is 14.0. The van der Waals surface area contributed by atoms with Crippen molar-refractivity contribution in [2.75, 3.05) is 6.61 Å². The van der Waals surface area contributed by atoms with Crippen LogP contribution in [0.25, 0.3) is 11.1 Å². The van der Waals surface area contributed by atoms with Crippen LogP contribution in [0.15, 0.2) is 59.7 Å². The summed E-state index contributed by atoms with van der Waals surface area (Å²) in [5.41, 5.74) is -0.370. The number of fused-ring (bicyclic) bond motifs is 4. The molecule has 226 valence electrons. The lowest BCUT2D eigenvalue weighted by molar-refractivity contribution is -0.222. The molecule has 2 saturated carbocycles. The van der Waals surface area contributed by atoms with E-state index in [1.807, 2.05) is 44.2 Å². The molecule has 43 heavy (non-hydrogen) atoms. The van der Waals surface area contributed by atoms with Crippen molar-refractivity contribution in [2.45, 2.75) is 94.4 Å². The monoisotopic (exact) mass is 588 g/mol. The summed E-state index contributed by atoms with van der Waals surface area (Å²) in [5.74, 6) is -1.98. The lowest BCUT2D eigenvalue weighted by Gasteiger charge is -2.60. The third kappa shape index (κ3) is 3.35. The van der Waals surface area contributed by atoms with Crippen molar-refractivity contribution in [1.29, 1.82) is 0 Å². The van der Waals surface area contributed by atoms with E-state index in [0.29, 0.717) is 36.8 Å². The lowest BCUT2D eigenvalue weighted by atomic mass is 9.44. The van der Waals surface area contributed by atoms with E-state index in [1.165, 1.54) is 6.07 Å². The molecule has 0 bridgehead atoms. The third-order valence-electron chi connectivity index (χ3n) is 12.0. The quantitative estimate of drug-likeness (QED) is 0.377. The number of epoxide rings is 2. The normalized spacial score (nSPS) is 40.9. The number of benzene rings is 2. The van der Waals surface area contributed by atoms with E-state index in [2.05, 4.69) is 6.92 Å². The summed E-state index contributed by atoms with van der Waals surface area (Å²) >= 11 is 0. The standard InChI is InChI=1S/C35H37FO7/c1-18(2)34-28(42-34)16-33(39)32(4)13-12-23-24(17-40-30(23)38)25(32)15-27-35(33,43-27)31(34)41-29(37)19(3)21-10-11-22(26(36)14-21)20-8-6-5-7-9-20/h5-11,14,18-19,25,27-28,31,39H,12-13,15-17H2,1-4H3. The number of ether oxygens (including phenoxy) is 4. The summed E-state index contributed by atoms with van der Waals surface area (Å²) in [6, 6.07) is 14.2. The van der Waals surface area contributed by atoms with E-state index in [9.17, 15) is 14.7 Å². The van der Waals surface area contributed by atoms with Crippen LogP contribution in [0.3, 0.4) is 0 Å². The van der Waals surface area contributed by atoms with Gasteiger partial charge in [0.2, 0.25) is 0 Å². The van der Waals surface area contributed by atoms with Gasteiger partial charge < -0.3 is 24.1 Å². The summed E-state index contributed by atoms with van der Waals surface area (Å²) in [5, 5.41) is 12.8. The van der Waals surface area contributed by atoms with Crippen molar-refractivity contribution in [3.63, 3.8) is 0 Å². The highest BCUT2D eigenvalue weighted by atomic mass is 19.1. The van der Waals surface area contributed by atoms with Crippen LogP contribution < -0.4 is 0 Å². The molecule has 4 fully saturated rings. The van der Waals surface area contributed by atoms with E-state index in [-0.39, 0.29) is 36.6 Å². The van der Waals surface area contributed by atoms with Gasteiger partial charge in [0.15, 0.2) is 11.7 Å². The lowest BCUT2D eigenvalue weighted by Crippen LogP contribution is -2.74. The van der Waals surface area contributed by atoms with E-state index in [0.717, 1.165) is 16.7 Å². The highest BCUT2D eigenvalue weighted by molar-refractivity contribution is 5.92. The van der Waals surface area contributed by atoms with E-state index < -0.39 is 46.0 Å². The van der Waals surface area contributed by atoms with Gasteiger partial charge in [-0.1, -0.05) is 63.2 Å². The molecule has 8 heteroatoms. The average molecular weight is 589 g/mol. The maximum absolute atomic E-state index is 15.3.